The summed E-state index contributed by atoms with van der Waals surface area (Å²) in [6.45, 7) is 7.03. The molecule has 2 aliphatic rings. The van der Waals surface area contributed by atoms with E-state index in [2.05, 4.69) is 5.32 Å². The van der Waals surface area contributed by atoms with Gasteiger partial charge in [0.15, 0.2) is 5.76 Å². The van der Waals surface area contributed by atoms with Gasteiger partial charge < -0.3 is 29.7 Å². The fourth-order valence-electron chi connectivity index (χ4n) is 4.51. The number of ketones is 2. The van der Waals surface area contributed by atoms with Crippen LogP contribution in [0.3, 0.4) is 0 Å². The zero-order valence-electron chi connectivity index (χ0n) is 22.6. The van der Waals surface area contributed by atoms with Crippen molar-refractivity contribution in [1.29, 1.82) is 0 Å². The highest BCUT2D eigenvalue weighted by molar-refractivity contribution is 6.23. The van der Waals surface area contributed by atoms with Crippen LogP contribution in [0.4, 0.5) is 0 Å². The van der Waals surface area contributed by atoms with E-state index in [-0.39, 0.29) is 40.9 Å². The van der Waals surface area contributed by atoms with Crippen LogP contribution in [0.5, 0.6) is 0 Å². The van der Waals surface area contributed by atoms with Crippen molar-refractivity contribution < 1.29 is 38.8 Å². The first-order valence-corrected chi connectivity index (χ1v) is 12.3. The Morgan fingerprint density at radius 3 is 2.30 bits per heavy atom. The van der Waals surface area contributed by atoms with Crippen molar-refractivity contribution in [1.82, 2.24) is 5.32 Å². The van der Waals surface area contributed by atoms with Gasteiger partial charge in [-0.25, -0.2) is 0 Å². The van der Waals surface area contributed by atoms with E-state index in [1.807, 2.05) is 13.8 Å². The molecule has 3 N–H and O–H groups in total. The van der Waals surface area contributed by atoms with Crippen LogP contribution in [0.25, 0.3) is 0 Å². The van der Waals surface area contributed by atoms with Crippen LogP contribution in [0.2, 0.25) is 0 Å². The third-order valence-electron chi connectivity index (χ3n) is 6.73. The van der Waals surface area contributed by atoms with Gasteiger partial charge in [0.05, 0.1) is 25.0 Å². The maximum atomic E-state index is 13.3. The van der Waals surface area contributed by atoms with E-state index in [0.29, 0.717) is 12.0 Å². The summed E-state index contributed by atoms with van der Waals surface area (Å²) in [5, 5.41) is 24.4. The molecule has 0 unspecified atom stereocenters. The molecule has 0 saturated carbocycles. The number of carbonyl (C=O) groups is 3. The molecular formula is C28H39NO8. The van der Waals surface area contributed by atoms with Crippen LogP contribution in [0.15, 0.2) is 58.6 Å². The quantitative estimate of drug-likeness (QED) is 0.384. The Kier molecular flexibility index (Phi) is 11.2. The number of hydrogen-bond acceptors (Lipinski definition) is 8. The molecule has 9 nitrogen and oxygen atoms in total. The van der Waals surface area contributed by atoms with Crippen molar-refractivity contribution in [3.63, 3.8) is 0 Å². The van der Waals surface area contributed by atoms with Gasteiger partial charge in [0.2, 0.25) is 11.6 Å². The predicted octanol–water partition coefficient (Wildman–Crippen LogP) is 2.31. The molecule has 37 heavy (non-hydrogen) atoms. The average Bonchev–Trinajstić information content (AvgIpc) is 2.86. The van der Waals surface area contributed by atoms with Gasteiger partial charge in [-0.3, -0.25) is 14.4 Å². The van der Waals surface area contributed by atoms with Crippen molar-refractivity contribution in [2.45, 2.75) is 65.0 Å². The summed E-state index contributed by atoms with van der Waals surface area (Å²) in [6.07, 6.45) is 4.96. The van der Waals surface area contributed by atoms with Crippen LogP contribution in [-0.4, -0.2) is 73.4 Å². The topological polar surface area (TPSA) is 131 Å². The molecule has 0 saturated heterocycles. The van der Waals surface area contributed by atoms with Crippen LogP contribution in [0, 0.1) is 11.8 Å². The number of nitrogens with one attached hydrogen (secondary N) is 1. The number of hydrogen-bond donors (Lipinski definition) is 3. The minimum atomic E-state index is -0.979. The van der Waals surface area contributed by atoms with Gasteiger partial charge in [-0.15, -0.1) is 0 Å². The van der Waals surface area contributed by atoms with Gasteiger partial charge in [-0.05, 0) is 38.2 Å². The SMILES string of the molecule is COC1=C2C[C@@H](C)C[C@H](OC)[C@H](O)[C@@H](C)/C=C(/C)[C@H](O)[C@@H](OC)/C=C\C=C(\C)C(=O)NC(=CC1=O)C2=O. The van der Waals surface area contributed by atoms with Crippen molar-refractivity contribution in [2.24, 2.45) is 11.8 Å². The highest BCUT2D eigenvalue weighted by atomic mass is 16.5. The van der Waals surface area contributed by atoms with E-state index in [1.165, 1.54) is 27.4 Å². The summed E-state index contributed by atoms with van der Waals surface area (Å²) in [6, 6.07) is 0. The van der Waals surface area contributed by atoms with Gasteiger partial charge in [0.1, 0.15) is 12.2 Å². The van der Waals surface area contributed by atoms with Crippen LogP contribution < -0.4 is 5.32 Å². The molecule has 0 aromatic rings. The van der Waals surface area contributed by atoms with Gasteiger partial charge in [-0.2, -0.15) is 0 Å². The Bertz CT molecular complexity index is 1030. The highest BCUT2D eigenvalue weighted by Gasteiger charge is 2.33. The summed E-state index contributed by atoms with van der Waals surface area (Å²) in [5.41, 5.74) is 0.927. The minimum Gasteiger partial charge on any atom is -0.492 e. The van der Waals surface area contributed by atoms with Crippen molar-refractivity contribution in [3.05, 3.63) is 58.6 Å². The summed E-state index contributed by atoms with van der Waals surface area (Å²) in [5.74, 6) is -2.16. The Labute approximate surface area is 218 Å². The van der Waals surface area contributed by atoms with E-state index in [9.17, 15) is 24.6 Å². The third kappa shape index (κ3) is 7.58. The van der Waals surface area contributed by atoms with Crippen LogP contribution in [0.1, 0.15) is 40.5 Å². The Morgan fingerprint density at radius 1 is 1.03 bits per heavy atom. The lowest BCUT2D eigenvalue weighted by Crippen LogP contribution is -2.36. The van der Waals surface area contributed by atoms with Crippen molar-refractivity contribution in [2.75, 3.05) is 21.3 Å². The molecule has 0 spiro atoms. The zero-order chi connectivity index (χ0) is 27.9. The number of carbonyl (C=O) groups excluding carboxylic acids is 3. The fraction of sp³-hybridized carbons (Fsp3) is 0.536. The van der Waals surface area contributed by atoms with Crippen LogP contribution in [-0.2, 0) is 28.6 Å². The second-order valence-electron chi connectivity index (χ2n) is 9.68. The molecule has 1 aliphatic heterocycles. The monoisotopic (exact) mass is 517 g/mol. The summed E-state index contributed by atoms with van der Waals surface area (Å²) >= 11 is 0. The van der Waals surface area contributed by atoms with Gasteiger partial charge in [0.25, 0.3) is 5.91 Å². The second kappa shape index (κ2) is 13.6. The average molecular weight is 518 g/mol. The normalized spacial score (nSPS) is 34.6. The molecule has 204 valence electrons. The molecule has 1 aliphatic carbocycles. The third-order valence-corrected chi connectivity index (χ3v) is 6.73. The number of amides is 1. The maximum Gasteiger partial charge on any atom is 0.251 e. The molecule has 0 aromatic carbocycles. The fourth-order valence-corrected chi connectivity index (χ4v) is 4.51. The number of fused-ring (bicyclic) bond motifs is 2. The lowest BCUT2D eigenvalue weighted by atomic mass is 9.85. The predicted molar refractivity (Wildman–Crippen MR) is 138 cm³/mol. The molecule has 0 aromatic heterocycles. The molecule has 2 rings (SSSR count). The number of aliphatic hydroxyl groups excluding tert-OH is 2. The molecule has 9 heteroatoms. The van der Waals surface area contributed by atoms with Gasteiger partial charge in [-0.1, -0.05) is 38.2 Å². The van der Waals surface area contributed by atoms with E-state index >= 15 is 0 Å². The number of Topliss-reactive ketones (excluding diaryl/α,β-unsaturated/α-hetero) is 1. The summed E-state index contributed by atoms with van der Waals surface area (Å²) in [7, 11) is 4.28. The Hall–Kier alpha value is -2.85. The molecule has 0 fully saturated rings. The standard InChI is InChI=1S/C28H39NO8/c1-15-11-19-26(33)20(14-21(30)27(19)37-7)29-28(34)16(2)9-8-10-22(35-5)24(31)17(3)13-18(4)25(32)23(12-15)36-6/h8-10,13-15,18,22-25,31-32H,11-12H2,1-7H3,(H,29,34)/b10-8-,16-9-,17-13-/t15-,18+,22+,23+,24+,25-/m1/s1. The largest absolute Gasteiger partial charge is 0.492 e. The molecular weight excluding hydrogens is 478 g/mol. The lowest BCUT2D eigenvalue weighted by Gasteiger charge is -2.29. The summed E-state index contributed by atoms with van der Waals surface area (Å²) < 4.78 is 16.2. The van der Waals surface area contributed by atoms with Crippen molar-refractivity contribution >= 4 is 17.5 Å². The number of methoxy groups -OCH3 is 3. The van der Waals surface area contributed by atoms with Gasteiger partial charge >= 0.3 is 0 Å². The van der Waals surface area contributed by atoms with Crippen molar-refractivity contribution in [3.8, 4) is 0 Å². The smallest absolute Gasteiger partial charge is 0.251 e. The molecule has 0 radical (unpaired) electrons. The first kappa shape index (κ1) is 30.4. The Morgan fingerprint density at radius 2 is 1.70 bits per heavy atom. The first-order valence-electron chi connectivity index (χ1n) is 12.3. The Balaban J connectivity index is 2.53. The molecule has 1 heterocycles. The number of rotatable bonds is 3. The molecule has 2 bridgehead atoms. The molecule has 6 atom stereocenters. The number of aliphatic hydroxyl groups is 2. The van der Waals surface area contributed by atoms with Crippen LogP contribution >= 0.6 is 0 Å². The van der Waals surface area contributed by atoms with E-state index in [0.717, 1.165) is 6.08 Å². The molecule has 1 amide bonds. The zero-order valence-corrected chi connectivity index (χ0v) is 22.6. The number of ether oxygens (including phenoxy) is 3. The minimum absolute atomic E-state index is 0.0584. The lowest BCUT2D eigenvalue weighted by molar-refractivity contribution is -0.120. The maximum absolute atomic E-state index is 13.3. The van der Waals surface area contributed by atoms with E-state index in [4.69, 9.17) is 14.2 Å². The second-order valence-corrected chi connectivity index (χ2v) is 9.68. The van der Waals surface area contributed by atoms with Gasteiger partial charge in [0, 0.05) is 37.4 Å². The van der Waals surface area contributed by atoms with E-state index < -0.39 is 41.9 Å². The van der Waals surface area contributed by atoms with E-state index in [1.54, 1.807) is 32.1 Å². The number of allylic oxidation sites excluding steroid dienone is 4. The highest BCUT2D eigenvalue weighted by Crippen LogP contribution is 2.29. The summed E-state index contributed by atoms with van der Waals surface area (Å²) in [4.78, 5) is 38.7. The first-order chi connectivity index (χ1) is 17.4.